The number of nitrogens with zero attached hydrogens (tertiary/aromatic N) is 1. The SMILES string of the molecule is C=CCCOCCN1CC(CC)NCC1C. The molecule has 1 aliphatic rings. The van der Waals surface area contributed by atoms with Crippen LogP contribution in [0.4, 0.5) is 0 Å². The second-order valence-corrected chi connectivity index (χ2v) is 4.55. The van der Waals surface area contributed by atoms with Crippen molar-refractivity contribution in [2.75, 3.05) is 32.8 Å². The number of piperazine rings is 1. The molecule has 16 heavy (non-hydrogen) atoms. The molecule has 0 saturated carbocycles. The molecule has 2 unspecified atom stereocenters. The van der Waals surface area contributed by atoms with Crippen molar-refractivity contribution in [3.05, 3.63) is 12.7 Å². The van der Waals surface area contributed by atoms with Crippen LogP contribution in [0.1, 0.15) is 26.7 Å². The molecule has 1 N–H and O–H groups in total. The normalized spacial score (nSPS) is 26.9. The third kappa shape index (κ3) is 4.64. The summed E-state index contributed by atoms with van der Waals surface area (Å²) >= 11 is 0. The second-order valence-electron chi connectivity index (χ2n) is 4.55. The first-order chi connectivity index (χ1) is 7.77. The Kier molecular flexibility index (Phi) is 6.69. The average molecular weight is 226 g/mol. The zero-order valence-electron chi connectivity index (χ0n) is 10.7. The van der Waals surface area contributed by atoms with Crippen LogP contribution in [0.25, 0.3) is 0 Å². The Balaban J connectivity index is 2.15. The number of hydrogen-bond donors (Lipinski definition) is 1. The van der Waals surface area contributed by atoms with Crippen molar-refractivity contribution < 1.29 is 4.74 Å². The lowest BCUT2D eigenvalue weighted by Gasteiger charge is -2.38. The van der Waals surface area contributed by atoms with Gasteiger partial charge in [-0.1, -0.05) is 13.0 Å². The number of ether oxygens (including phenoxy) is 1. The van der Waals surface area contributed by atoms with Gasteiger partial charge in [-0.2, -0.15) is 0 Å². The van der Waals surface area contributed by atoms with E-state index in [0.29, 0.717) is 12.1 Å². The van der Waals surface area contributed by atoms with Crippen LogP contribution in [0.2, 0.25) is 0 Å². The molecule has 3 heteroatoms. The van der Waals surface area contributed by atoms with E-state index in [1.165, 1.54) is 6.42 Å². The van der Waals surface area contributed by atoms with Crippen molar-refractivity contribution in [2.24, 2.45) is 0 Å². The van der Waals surface area contributed by atoms with E-state index < -0.39 is 0 Å². The van der Waals surface area contributed by atoms with Crippen LogP contribution in [0, 0.1) is 0 Å². The van der Waals surface area contributed by atoms with Crippen molar-refractivity contribution in [3.63, 3.8) is 0 Å². The third-order valence-corrected chi connectivity index (χ3v) is 3.26. The van der Waals surface area contributed by atoms with Crippen LogP contribution in [-0.2, 0) is 4.74 Å². The molecule has 1 fully saturated rings. The van der Waals surface area contributed by atoms with Crippen molar-refractivity contribution in [2.45, 2.75) is 38.8 Å². The van der Waals surface area contributed by atoms with Crippen LogP contribution in [0.5, 0.6) is 0 Å². The minimum Gasteiger partial charge on any atom is -0.380 e. The molecule has 1 saturated heterocycles. The minimum atomic E-state index is 0.630. The topological polar surface area (TPSA) is 24.5 Å². The smallest absolute Gasteiger partial charge is 0.0593 e. The molecule has 0 amide bonds. The summed E-state index contributed by atoms with van der Waals surface area (Å²) < 4.78 is 5.56. The average Bonchev–Trinajstić information content (AvgIpc) is 2.31. The molecule has 0 bridgehead atoms. The van der Waals surface area contributed by atoms with Gasteiger partial charge in [-0.3, -0.25) is 4.90 Å². The molecule has 0 aromatic rings. The van der Waals surface area contributed by atoms with Crippen molar-refractivity contribution in [3.8, 4) is 0 Å². The Hall–Kier alpha value is -0.380. The van der Waals surface area contributed by atoms with Gasteiger partial charge in [0.05, 0.1) is 13.2 Å². The molecular formula is C13H26N2O. The van der Waals surface area contributed by atoms with Crippen LogP contribution in [0.15, 0.2) is 12.7 Å². The van der Waals surface area contributed by atoms with E-state index in [2.05, 4.69) is 30.6 Å². The highest BCUT2D eigenvalue weighted by Gasteiger charge is 2.22. The molecule has 0 aliphatic carbocycles. The largest absolute Gasteiger partial charge is 0.380 e. The number of rotatable bonds is 7. The Morgan fingerprint density at radius 2 is 2.31 bits per heavy atom. The fourth-order valence-electron chi connectivity index (χ4n) is 2.03. The van der Waals surface area contributed by atoms with E-state index in [1.54, 1.807) is 0 Å². The first-order valence-electron chi connectivity index (χ1n) is 6.44. The molecule has 0 aromatic heterocycles. The molecule has 2 atom stereocenters. The first-order valence-corrected chi connectivity index (χ1v) is 6.44. The standard InChI is InChI=1S/C13H26N2O/c1-4-6-8-16-9-7-15-11-13(5-2)14-10-12(15)3/h4,12-14H,1,5-11H2,2-3H3. The van der Waals surface area contributed by atoms with Gasteiger partial charge < -0.3 is 10.1 Å². The van der Waals surface area contributed by atoms with Gasteiger partial charge >= 0.3 is 0 Å². The maximum absolute atomic E-state index is 5.56. The highest BCUT2D eigenvalue weighted by Crippen LogP contribution is 2.08. The van der Waals surface area contributed by atoms with Gasteiger partial charge in [0.1, 0.15) is 0 Å². The molecule has 0 radical (unpaired) electrons. The Morgan fingerprint density at radius 3 is 3.00 bits per heavy atom. The predicted molar refractivity (Wildman–Crippen MR) is 68.7 cm³/mol. The lowest BCUT2D eigenvalue weighted by atomic mass is 10.1. The molecule has 0 spiro atoms. The quantitative estimate of drug-likeness (QED) is 0.528. The molecule has 3 nitrogen and oxygen atoms in total. The maximum Gasteiger partial charge on any atom is 0.0593 e. The summed E-state index contributed by atoms with van der Waals surface area (Å²) in [7, 11) is 0. The van der Waals surface area contributed by atoms with E-state index in [0.717, 1.165) is 39.3 Å². The van der Waals surface area contributed by atoms with Gasteiger partial charge in [-0.15, -0.1) is 6.58 Å². The van der Waals surface area contributed by atoms with Crippen molar-refractivity contribution in [1.29, 1.82) is 0 Å². The predicted octanol–water partition coefficient (Wildman–Crippen LogP) is 1.65. The lowest BCUT2D eigenvalue weighted by molar-refractivity contribution is 0.0717. The van der Waals surface area contributed by atoms with Gasteiger partial charge in [0, 0.05) is 31.7 Å². The third-order valence-electron chi connectivity index (χ3n) is 3.26. The molecule has 0 aromatic carbocycles. The van der Waals surface area contributed by atoms with E-state index in [1.807, 2.05) is 6.08 Å². The fraction of sp³-hybridized carbons (Fsp3) is 0.846. The van der Waals surface area contributed by atoms with Gasteiger partial charge in [0.25, 0.3) is 0 Å². The molecule has 94 valence electrons. The zero-order valence-corrected chi connectivity index (χ0v) is 10.7. The first kappa shape index (κ1) is 13.7. The summed E-state index contributed by atoms with van der Waals surface area (Å²) in [6.45, 7) is 13.2. The summed E-state index contributed by atoms with van der Waals surface area (Å²) in [5, 5.41) is 3.56. The zero-order chi connectivity index (χ0) is 11.8. The van der Waals surface area contributed by atoms with Gasteiger partial charge in [-0.25, -0.2) is 0 Å². The Bertz CT molecular complexity index is 196. The molecular weight excluding hydrogens is 200 g/mol. The monoisotopic (exact) mass is 226 g/mol. The van der Waals surface area contributed by atoms with Gasteiger partial charge in [0.2, 0.25) is 0 Å². The Morgan fingerprint density at radius 1 is 1.50 bits per heavy atom. The van der Waals surface area contributed by atoms with Crippen LogP contribution >= 0.6 is 0 Å². The summed E-state index contributed by atoms with van der Waals surface area (Å²) in [6.07, 6.45) is 4.07. The molecule has 1 heterocycles. The maximum atomic E-state index is 5.56. The van der Waals surface area contributed by atoms with E-state index >= 15 is 0 Å². The second kappa shape index (κ2) is 7.82. The summed E-state index contributed by atoms with van der Waals surface area (Å²) in [5.74, 6) is 0. The summed E-state index contributed by atoms with van der Waals surface area (Å²) in [6, 6.07) is 1.29. The highest BCUT2D eigenvalue weighted by atomic mass is 16.5. The molecule has 1 rings (SSSR count). The van der Waals surface area contributed by atoms with Crippen LogP contribution < -0.4 is 5.32 Å². The lowest BCUT2D eigenvalue weighted by Crippen LogP contribution is -2.55. The van der Waals surface area contributed by atoms with Gasteiger partial charge in [0.15, 0.2) is 0 Å². The Labute approximate surface area is 99.8 Å². The van der Waals surface area contributed by atoms with Crippen molar-refractivity contribution in [1.82, 2.24) is 10.2 Å². The van der Waals surface area contributed by atoms with Gasteiger partial charge in [-0.05, 0) is 19.8 Å². The number of hydrogen-bond acceptors (Lipinski definition) is 3. The van der Waals surface area contributed by atoms with E-state index in [-0.39, 0.29) is 0 Å². The van der Waals surface area contributed by atoms with Crippen molar-refractivity contribution >= 4 is 0 Å². The molecule has 1 aliphatic heterocycles. The fourth-order valence-corrected chi connectivity index (χ4v) is 2.03. The van der Waals surface area contributed by atoms with Crippen LogP contribution in [0.3, 0.4) is 0 Å². The van der Waals surface area contributed by atoms with E-state index in [9.17, 15) is 0 Å². The summed E-state index contributed by atoms with van der Waals surface area (Å²) in [4.78, 5) is 2.53. The van der Waals surface area contributed by atoms with Crippen LogP contribution in [-0.4, -0.2) is 49.8 Å². The number of nitrogens with one attached hydrogen (secondary N) is 1. The summed E-state index contributed by atoms with van der Waals surface area (Å²) in [5.41, 5.74) is 0. The highest BCUT2D eigenvalue weighted by molar-refractivity contribution is 4.82. The minimum absolute atomic E-state index is 0.630. The van der Waals surface area contributed by atoms with E-state index in [4.69, 9.17) is 4.74 Å².